The van der Waals surface area contributed by atoms with Gasteiger partial charge in [-0.1, -0.05) is 46.0 Å². The molecule has 1 atom stereocenters. The SMILES string of the molecule is BC(CCCC)(CCCCC)NCO. The lowest BCUT2D eigenvalue weighted by molar-refractivity contribution is 0.214. The van der Waals surface area contributed by atoms with Crippen LogP contribution in [0.25, 0.3) is 0 Å². The highest BCUT2D eigenvalue weighted by atomic mass is 16.3. The van der Waals surface area contributed by atoms with Crippen LogP contribution in [-0.4, -0.2) is 25.1 Å². The molecular weight excluding hydrogens is 173 g/mol. The molecule has 1 unspecified atom stereocenters. The van der Waals surface area contributed by atoms with Crippen LogP contribution in [-0.2, 0) is 0 Å². The molecule has 0 aliphatic heterocycles. The monoisotopic (exact) mass is 199 g/mol. The lowest BCUT2D eigenvalue weighted by atomic mass is 9.70. The van der Waals surface area contributed by atoms with E-state index in [9.17, 15) is 0 Å². The summed E-state index contributed by atoms with van der Waals surface area (Å²) in [5.74, 6) is 0. The second kappa shape index (κ2) is 8.31. The summed E-state index contributed by atoms with van der Waals surface area (Å²) in [6.45, 7) is 4.54. The lowest BCUT2D eigenvalue weighted by Gasteiger charge is -2.30. The minimum absolute atomic E-state index is 0.104. The topological polar surface area (TPSA) is 32.3 Å². The fourth-order valence-corrected chi connectivity index (χ4v) is 1.82. The van der Waals surface area contributed by atoms with Crippen LogP contribution in [0.5, 0.6) is 0 Å². The molecule has 0 aliphatic rings. The van der Waals surface area contributed by atoms with Gasteiger partial charge in [0.05, 0.1) is 6.73 Å². The zero-order chi connectivity index (χ0) is 10.9. The smallest absolute Gasteiger partial charge is 0.127 e. The molecule has 0 aromatic heterocycles. The van der Waals surface area contributed by atoms with Gasteiger partial charge < -0.3 is 5.11 Å². The van der Waals surface area contributed by atoms with Crippen molar-refractivity contribution in [3.8, 4) is 0 Å². The molecule has 0 aliphatic carbocycles. The highest BCUT2D eigenvalue weighted by molar-refractivity contribution is 6.15. The average Bonchev–Trinajstić information content (AvgIpc) is 2.16. The number of hydrogen-bond donors (Lipinski definition) is 2. The van der Waals surface area contributed by atoms with Crippen molar-refractivity contribution in [1.82, 2.24) is 5.32 Å². The number of nitrogens with one attached hydrogen (secondary N) is 1. The van der Waals surface area contributed by atoms with E-state index in [1.807, 2.05) is 0 Å². The van der Waals surface area contributed by atoms with E-state index >= 15 is 0 Å². The van der Waals surface area contributed by atoms with Crippen LogP contribution in [0.15, 0.2) is 0 Å². The van der Waals surface area contributed by atoms with Crippen molar-refractivity contribution in [1.29, 1.82) is 0 Å². The quantitative estimate of drug-likeness (QED) is 0.336. The molecule has 0 saturated carbocycles. The summed E-state index contributed by atoms with van der Waals surface area (Å²) in [7, 11) is 2.23. The molecule has 0 heterocycles. The van der Waals surface area contributed by atoms with Crippen LogP contribution in [0.4, 0.5) is 0 Å². The summed E-state index contributed by atoms with van der Waals surface area (Å²) in [5, 5.41) is 12.2. The fraction of sp³-hybridized carbons (Fsp3) is 1.00. The molecule has 0 spiro atoms. The highest BCUT2D eigenvalue weighted by Crippen LogP contribution is 2.18. The molecule has 0 fully saturated rings. The molecule has 2 N–H and O–H groups in total. The third-order valence-corrected chi connectivity index (χ3v) is 2.92. The maximum absolute atomic E-state index is 8.95. The van der Waals surface area contributed by atoms with Gasteiger partial charge in [-0.05, 0) is 18.3 Å². The minimum Gasteiger partial charge on any atom is -0.381 e. The van der Waals surface area contributed by atoms with Gasteiger partial charge in [-0.25, -0.2) is 0 Å². The zero-order valence-electron chi connectivity index (χ0n) is 10.1. The van der Waals surface area contributed by atoms with E-state index in [0.717, 1.165) is 0 Å². The summed E-state index contributed by atoms with van der Waals surface area (Å²) in [5.41, 5.74) is 0.153. The molecule has 3 heteroatoms. The summed E-state index contributed by atoms with van der Waals surface area (Å²) in [4.78, 5) is 0. The van der Waals surface area contributed by atoms with Gasteiger partial charge in [-0.2, -0.15) is 0 Å². The third-order valence-electron chi connectivity index (χ3n) is 2.92. The Bertz CT molecular complexity index is 132. The predicted molar refractivity (Wildman–Crippen MR) is 65.2 cm³/mol. The van der Waals surface area contributed by atoms with E-state index < -0.39 is 0 Å². The Morgan fingerprint density at radius 1 is 1.07 bits per heavy atom. The maximum atomic E-state index is 8.95. The number of rotatable bonds is 9. The minimum atomic E-state index is 0.104. The van der Waals surface area contributed by atoms with E-state index in [1.165, 1.54) is 44.9 Å². The summed E-state index contributed by atoms with van der Waals surface area (Å²) < 4.78 is 0. The first-order chi connectivity index (χ1) is 6.68. The van der Waals surface area contributed by atoms with Crippen LogP contribution >= 0.6 is 0 Å². The van der Waals surface area contributed by atoms with Crippen LogP contribution in [0, 0.1) is 0 Å². The van der Waals surface area contributed by atoms with Crippen molar-refractivity contribution < 1.29 is 5.11 Å². The molecule has 0 rings (SSSR count). The van der Waals surface area contributed by atoms with Gasteiger partial charge in [-0.15, -0.1) is 0 Å². The zero-order valence-corrected chi connectivity index (χ0v) is 10.1. The number of unbranched alkanes of at least 4 members (excludes halogenated alkanes) is 3. The fourth-order valence-electron chi connectivity index (χ4n) is 1.82. The summed E-state index contributed by atoms with van der Waals surface area (Å²) >= 11 is 0. The number of hydrogen-bond acceptors (Lipinski definition) is 2. The predicted octanol–water partition coefficient (Wildman–Crippen LogP) is 1.63. The van der Waals surface area contributed by atoms with E-state index in [4.69, 9.17) is 5.11 Å². The first-order valence-electron chi connectivity index (χ1n) is 6.04. The molecule has 0 aromatic carbocycles. The van der Waals surface area contributed by atoms with E-state index in [2.05, 4.69) is 27.0 Å². The molecule has 0 bridgehead atoms. The molecule has 0 amide bonds. The second-order valence-electron chi connectivity index (χ2n) is 4.46. The van der Waals surface area contributed by atoms with Gasteiger partial charge in [0, 0.05) is 0 Å². The van der Waals surface area contributed by atoms with Crippen molar-refractivity contribution in [2.45, 2.75) is 64.2 Å². The Morgan fingerprint density at radius 3 is 2.14 bits per heavy atom. The van der Waals surface area contributed by atoms with Crippen molar-refractivity contribution in [3.63, 3.8) is 0 Å². The summed E-state index contributed by atoms with van der Waals surface area (Å²) in [6, 6.07) is 0. The molecule has 0 aromatic rings. The highest BCUT2D eigenvalue weighted by Gasteiger charge is 2.21. The largest absolute Gasteiger partial charge is 0.381 e. The van der Waals surface area contributed by atoms with Crippen molar-refractivity contribution >= 4 is 7.85 Å². The molecule has 14 heavy (non-hydrogen) atoms. The van der Waals surface area contributed by atoms with Crippen molar-refractivity contribution in [3.05, 3.63) is 0 Å². The maximum Gasteiger partial charge on any atom is 0.127 e. The van der Waals surface area contributed by atoms with Gasteiger partial charge in [0.1, 0.15) is 7.85 Å². The standard InChI is InChI=1S/C11H26BNO/c1-3-5-7-9-11(12,13-10-14)8-6-4-2/h13-14H,3-10,12H2,1-2H3. The second-order valence-corrected chi connectivity index (χ2v) is 4.46. The lowest BCUT2D eigenvalue weighted by Crippen LogP contribution is -2.46. The number of aliphatic hydroxyl groups excluding tert-OH is 1. The Labute approximate surface area is 89.9 Å². The third kappa shape index (κ3) is 6.44. The Hall–Kier alpha value is -0.0151. The van der Waals surface area contributed by atoms with Crippen LogP contribution in [0.1, 0.15) is 58.8 Å². The Kier molecular flexibility index (Phi) is 8.30. The van der Waals surface area contributed by atoms with E-state index in [-0.39, 0.29) is 12.2 Å². The van der Waals surface area contributed by atoms with Crippen LogP contribution in [0.3, 0.4) is 0 Å². The molecule has 2 nitrogen and oxygen atoms in total. The Morgan fingerprint density at radius 2 is 1.64 bits per heavy atom. The van der Waals surface area contributed by atoms with Gasteiger partial charge in [0.25, 0.3) is 0 Å². The van der Waals surface area contributed by atoms with Gasteiger partial charge in [0.2, 0.25) is 0 Å². The Balaban J connectivity index is 3.82. The first-order valence-corrected chi connectivity index (χ1v) is 6.04. The molecule has 84 valence electrons. The normalized spacial score (nSPS) is 15.4. The first kappa shape index (κ1) is 14.0. The van der Waals surface area contributed by atoms with Crippen molar-refractivity contribution in [2.75, 3.05) is 6.73 Å². The van der Waals surface area contributed by atoms with Crippen LogP contribution in [0.2, 0.25) is 0 Å². The van der Waals surface area contributed by atoms with E-state index in [1.54, 1.807) is 0 Å². The van der Waals surface area contributed by atoms with Gasteiger partial charge >= 0.3 is 0 Å². The summed E-state index contributed by atoms with van der Waals surface area (Å²) in [6.07, 6.45) is 8.67. The van der Waals surface area contributed by atoms with E-state index in [0.29, 0.717) is 0 Å². The van der Waals surface area contributed by atoms with Gasteiger partial charge in [0.15, 0.2) is 0 Å². The van der Waals surface area contributed by atoms with Crippen LogP contribution < -0.4 is 5.32 Å². The van der Waals surface area contributed by atoms with Gasteiger partial charge in [-0.3, -0.25) is 5.32 Å². The molecular formula is C11H26BNO. The van der Waals surface area contributed by atoms with Crippen molar-refractivity contribution in [2.24, 2.45) is 0 Å². The number of aliphatic hydroxyl groups is 1. The molecule has 0 saturated heterocycles. The molecule has 0 radical (unpaired) electrons. The average molecular weight is 199 g/mol.